The SMILES string of the molecule is OCCN1Cc2cccnc2C1. The summed E-state index contributed by atoms with van der Waals surface area (Å²) in [4.78, 5) is 6.46. The van der Waals surface area contributed by atoms with Crippen molar-refractivity contribution in [3.63, 3.8) is 0 Å². The second-order valence-corrected chi connectivity index (χ2v) is 3.04. The molecule has 64 valence electrons. The molecule has 1 aliphatic heterocycles. The molecule has 0 aliphatic carbocycles. The van der Waals surface area contributed by atoms with Gasteiger partial charge in [-0.25, -0.2) is 0 Å². The van der Waals surface area contributed by atoms with E-state index in [0.717, 1.165) is 25.3 Å². The number of pyridine rings is 1. The first kappa shape index (κ1) is 7.71. The summed E-state index contributed by atoms with van der Waals surface area (Å²) in [5.74, 6) is 0. The molecule has 1 N–H and O–H groups in total. The third-order valence-electron chi connectivity index (χ3n) is 2.17. The van der Waals surface area contributed by atoms with Crippen molar-refractivity contribution in [2.24, 2.45) is 0 Å². The van der Waals surface area contributed by atoms with Gasteiger partial charge in [-0.05, 0) is 11.6 Å². The molecular formula is C9H12N2O. The molecule has 2 heterocycles. The molecule has 0 fully saturated rings. The van der Waals surface area contributed by atoms with Crippen LogP contribution < -0.4 is 0 Å². The fourth-order valence-corrected chi connectivity index (χ4v) is 1.57. The molecule has 0 saturated carbocycles. The second-order valence-electron chi connectivity index (χ2n) is 3.04. The summed E-state index contributed by atoms with van der Waals surface area (Å²) in [5, 5.41) is 8.74. The fraction of sp³-hybridized carbons (Fsp3) is 0.444. The second kappa shape index (κ2) is 3.21. The van der Waals surface area contributed by atoms with E-state index in [9.17, 15) is 0 Å². The first-order valence-corrected chi connectivity index (χ1v) is 4.16. The van der Waals surface area contributed by atoms with Crippen LogP contribution in [0.5, 0.6) is 0 Å². The van der Waals surface area contributed by atoms with Gasteiger partial charge in [0, 0.05) is 25.8 Å². The summed E-state index contributed by atoms with van der Waals surface area (Å²) in [6.45, 7) is 2.80. The summed E-state index contributed by atoms with van der Waals surface area (Å²) < 4.78 is 0. The van der Waals surface area contributed by atoms with Gasteiger partial charge in [-0.15, -0.1) is 0 Å². The van der Waals surface area contributed by atoms with E-state index < -0.39 is 0 Å². The maximum absolute atomic E-state index is 8.74. The zero-order chi connectivity index (χ0) is 8.39. The van der Waals surface area contributed by atoms with Gasteiger partial charge in [0.2, 0.25) is 0 Å². The Bertz CT molecular complexity index is 250. The van der Waals surface area contributed by atoms with Crippen LogP contribution in [0.25, 0.3) is 0 Å². The smallest absolute Gasteiger partial charge is 0.0589 e. The molecule has 0 amide bonds. The highest BCUT2D eigenvalue weighted by Crippen LogP contribution is 2.18. The monoisotopic (exact) mass is 164 g/mol. The van der Waals surface area contributed by atoms with E-state index >= 15 is 0 Å². The summed E-state index contributed by atoms with van der Waals surface area (Å²) in [5.41, 5.74) is 2.46. The summed E-state index contributed by atoms with van der Waals surface area (Å²) in [6.07, 6.45) is 1.82. The van der Waals surface area contributed by atoms with Crippen LogP contribution >= 0.6 is 0 Å². The molecule has 1 aliphatic rings. The number of hydrogen-bond donors (Lipinski definition) is 1. The van der Waals surface area contributed by atoms with E-state index in [1.54, 1.807) is 0 Å². The highest BCUT2D eigenvalue weighted by molar-refractivity contribution is 5.23. The van der Waals surface area contributed by atoms with E-state index in [1.807, 2.05) is 12.3 Å². The summed E-state index contributed by atoms with van der Waals surface area (Å²) in [7, 11) is 0. The van der Waals surface area contributed by atoms with Gasteiger partial charge in [0.1, 0.15) is 0 Å². The van der Waals surface area contributed by atoms with Gasteiger partial charge >= 0.3 is 0 Å². The lowest BCUT2D eigenvalue weighted by Crippen LogP contribution is -2.20. The molecule has 1 aromatic rings. The van der Waals surface area contributed by atoms with Crippen LogP contribution in [0.2, 0.25) is 0 Å². The molecule has 12 heavy (non-hydrogen) atoms. The summed E-state index contributed by atoms with van der Waals surface area (Å²) >= 11 is 0. The number of β-amino-alcohol motifs (C(OH)–C–C–N with tert-alkyl or cyclic N) is 1. The predicted octanol–water partition coefficient (Wildman–Crippen LogP) is 0.389. The number of fused-ring (bicyclic) bond motifs is 1. The Morgan fingerprint density at radius 1 is 1.50 bits per heavy atom. The zero-order valence-electron chi connectivity index (χ0n) is 6.90. The minimum atomic E-state index is 0.230. The van der Waals surface area contributed by atoms with Crippen LogP contribution in [0.3, 0.4) is 0 Å². The van der Waals surface area contributed by atoms with Crippen molar-refractivity contribution in [3.8, 4) is 0 Å². The van der Waals surface area contributed by atoms with Crippen LogP contribution in [0.15, 0.2) is 18.3 Å². The maximum Gasteiger partial charge on any atom is 0.0589 e. The summed E-state index contributed by atoms with van der Waals surface area (Å²) in [6, 6.07) is 4.06. The van der Waals surface area contributed by atoms with Crippen LogP contribution in [0.4, 0.5) is 0 Å². The quantitative estimate of drug-likeness (QED) is 0.687. The zero-order valence-corrected chi connectivity index (χ0v) is 6.90. The average molecular weight is 164 g/mol. The van der Waals surface area contributed by atoms with Gasteiger partial charge in [0.15, 0.2) is 0 Å². The molecule has 0 bridgehead atoms. The van der Waals surface area contributed by atoms with Crippen LogP contribution in [0, 0.1) is 0 Å². The Morgan fingerprint density at radius 2 is 2.42 bits per heavy atom. The highest BCUT2D eigenvalue weighted by Gasteiger charge is 2.18. The lowest BCUT2D eigenvalue weighted by Gasteiger charge is -2.10. The number of nitrogens with zero attached hydrogens (tertiary/aromatic N) is 2. The molecule has 3 nitrogen and oxygen atoms in total. The Morgan fingerprint density at radius 3 is 3.17 bits per heavy atom. The van der Waals surface area contributed by atoms with Gasteiger partial charge < -0.3 is 5.11 Å². The molecule has 0 radical (unpaired) electrons. The lowest BCUT2D eigenvalue weighted by molar-refractivity contribution is 0.197. The fourth-order valence-electron chi connectivity index (χ4n) is 1.57. The molecule has 0 saturated heterocycles. The third-order valence-corrected chi connectivity index (χ3v) is 2.17. The standard InChI is InChI=1S/C9H12N2O/c12-5-4-11-6-8-2-1-3-10-9(8)7-11/h1-3,12H,4-7H2. The van der Waals surface area contributed by atoms with Gasteiger partial charge in [0.25, 0.3) is 0 Å². The van der Waals surface area contributed by atoms with E-state index in [4.69, 9.17) is 5.11 Å². The topological polar surface area (TPSA) is 36.4 Å². The van der Waals surface area contributed by atoms with E-state index in [2.05, 4.69) is 16.0 Å². The molecule has 0 spiro atoms. The molecule has 0 aromatic carbocycles. The number of aliphatic hydroxyl groups excluding tert-OH is 1. The molecule has 3 heteroatoms. The minimum Gasteiger partial charge on any atom is -0.395 e. The van der Waals surface area contributed by atoms with Crippen molar-refractivity contribution < 1.29 is 5.11 Å². The van der Waals surface area contributed by atoms with E-state index in [-0.39, 0.29) is 6.61 Å². The van der Waals surface area contributed by atoms with E-state index in [1.165, 1.54) is 5.56 Å². The molecule has 2 rings (SSSR count). The number of aliphatic hydroxyl groups is 1. The van der Waals surface area contributed by atoms with Crippen molar-refractivity contribution in [1.29, 1.82) is 0 Å². The Balaban J connectivity index is 2.11. The van der Waals surface area contributed by atoms with Gasteiger partial charge in [-0.1, -0.05) is 6.07 Å². The highest BCUT2D eigenvalue weighted by atomic mass is 16.3. The first-order chi connectivity index (χ1) is 5.90. The first-order valence-electron chi connectivity index (χ1n) is 4.16. The maximum atomic E-state index is 8.74. The lowest BCUT2D eigenvalue weighted by atomic mass is 10.2. The van der Waals surface area contributed by atoms with Crippen molar-refractivity contribution in [2.45, 2.75) is 13.1 Å². The molecule has 1 aromatic heterocycles. The van der Waals surface area contributed by atoms with E-state index in [0.29, 0.717) is 0 Å². The number of rotatable bonds is 2. The number of hydrogen-bond acceptors (Lipinski definition) is 3. The van der Waals surface area contributed by atoms with Gasteiger partial charge in [-0.3, -0.25) is 9.88 Å². The minimum absolute atomic E-state index is 0.230. The average Bonchev–Trinajstić information content (AvgIpc) is 2.47. The van der Waals surface area contributed by atoms with Crippen LogP contribution in [-0.2, 0) is 13.1 Å². The Hall–Kier alpha value is -0.930. The molecule has 0 atom stereocenters. The number of aromatic nitrogens is 1. The largest absolute Gasteiger partial charge is 0.395 e. The Labute approximate surface area is 71.7 Å². The molecular weight excluding hydrogens is 152 g/mol. The predicted molar refractivity (Wildman–Crippen MR) is 45.4 cm³/mol. The normalized spacial score (nSPS) is 16.4. The van der Waals surface area contributed by atoms with Gasteiger partial charge in [-0.2, -0.15) is 0 Å². The molecule has 0 unspecified atom stereocenters. The van der Waals surface area contributed by atoms with Gasteiger partial charge in [0.05, 0.1) is 12.3 Å². The van der Waals surface area contributed by atoms with Crippen molar-refractivity contribution in [1.82, 2.24) is 9.88 Å². The van der Waals surface area contributed by atoms with Crippen molar-refractivity contribution in [3.05, 3.63) is 29.6 Å². The van der Waals surface area contributed by atoms with Crippen molar-refractivity contribution in [2.75, 3.05) is 13.2 Å². The Kier molecular flexibility index (Phi) is 2.06. The van der Waals surface area contributed by atoms with Crippen molar-refractivity contribution >= 4 is 0 Å². The van der Waals surface area contributed by atoms with Crippen LogP contribution in [0.1, 0.15) is 11.3 Å². The van der Waals surface area contributed by atoms with Crippen LogP contribution in [-0.4, -0.2) is 28.1 Å². The third kappa shape index (κ3) is 1.33.